The van der Waals surface area contributed by atoms with E-state index in [0.29, 0.717) is 47.9 Å². The molecule has 1 amide bonds. The number of Topliss-reactive ketones (excluding diaryl/α,β-unsaturated/α-hetero) is 1. The van der Waals surface area contributed by atoms with Gasteiger partial charge in [-0.3, -0.25) is 9.59 Å². The number of benzene rings is 2. The van der Waals surface area contributed by atoms with E-state index in [0.717, 1.165) is 0 Å². The van der Waals surface area contributed by atoms with Crippen LogP contribution in [-0.2, 0) is 16.1 Å². The Hall–Kier alpha value is -4.27. The van der Waals surface area contributed by atoms with E-state index < -0.39 is 17.7 Å². The van der Waals surface area contributed by atoms with Crippen LogP contribution in [0.25, 0.3) is 5.76 Å². The molecular formula is C25H23N3O6. The molecule has 0 saturated carbocycles. The second kappa shape index (κ2) is 8.93. The maximum absolute atomic E-state index is 13.2. The van der Waals surface area contributed by atoms with Crippen molar-refractivity contribution < 1.29 is 28.9 Å². The minimum absolute atomic E-state index is 0.0102. The number of nitrogens with zero attached hydrogens (tertiary/aromatic N) is 3. The summed E-state index contributed by atoms with van der Waals surface area (Å²) in [6.07, 6.45) is 5.82. The first-order chi connectivity index (χ1) is 16.6. The zero-order chi connectivity index (χ0) is 23.7. The summed E-state index contributed by atoms with van der Waals surface area (Å²) in [5.41, 5.74) is 0.991. The van der Waals surface area contributed by atoms with Crippen molar-refractivity contribution in [2.75, 3.05) is 20.4 Å². The number of carbonyl (C=O) groups is 2. The van der Waals surface area contributed by atoms with Gasteiger partial charge in [-0.2, -0.15) is 0 Å². The first-order valence-electron chi connectivity index (χ1n) is 10.9. The van der Waals surface area contributed by atoms with E-state index in [2.05, 4.69) is 4.98 Å². The molecule has 3 heterocycles. The van der Waals surface area contributed by atoms with Crippen molar-refractivity contribution in [1.82, 2.24) is 14.5 Å². The van der Waals surface area contributed by atoms with Gasteiger partial charge in [-0.25, -0.2) is 4.98 Å². The summed E-state index contributed by atoms with van der Waals surface area (Å²) in [5.74, 6) is -0.141. The highest BCUT2D eigenvalue weighted by molar-refractivity contribution is 6.46. The molecule has 1 fully saturated rings. The van der Waals surface area contributed by atoms with E-state index in [1.54, 1.807) is 42.9 Å². The van der Waals surface area contributed by atoms with Crippen molar-refractivity contribution in [3.8, 4) is 17.2 Å². The van der Waals surface area contributed by atoms with Crippen LogP contribution in [-0.4, -0.2) is 51.7 Å². The molecule has 1 aromatic heterocycles. The Morgan fingerprint density at radius 1 is 1.15 bits per heavy atom. The van der Waals surface area contributed by atoms with E-state index in [1.807, 2.05) is 22.9 Å². The fraction of sp³-hybridized carbons (Fsp3) is 0.240. The minimum Gasteiger partial charge on any atom is -0.507 e. The van der Waals surface area contributed by atoms with Gasteiger partial charge < -0.3 is 28.8 Å². The number of hydrogen-bond acceptors (Lipinski definition) is 7. The molecule has 1 saturated heterocycles. The van der Waals surface area contributed by atoms with Crippen molar-refractivity contribution in [1.29, 1.82) is 0 Å². The van der Waals surface area contributed by atoms with E-state index in [1.165, 1.54) is 12.0 Å². The van der Waals surface area contributed by atoms with Gasteiger partial charge in [-0.15, -0.1) is 0 Å². The molecule has 3 aromatic rings. The molecule has 9 nitrogen and oxygen atoms in total. The molecule has 0 aliphatic carbocycles. The normalized spacial score (nSPS) is 18.5. The standard InChI is InChI=1S/C25H23N3O6/c1-32-18-6-3-2-5-17(18)22-21(23(29)16-7-8-19-20(13-16)34-15-33-19)24(30)25(31)28(22)11-4-10-27-12-9-26-14-27/h2-3,5-9,12-14,22,29H,4,10-11,15H2,1H3. The third-order valence-corrected chi connectivity index (χ3v) is 5.99. The van der Waals surface area contributed by atoms with Crippen LogP contribution in [0.4, 0.5) is 0 Å². The largest absolute Gasteiger partial charge is 0.507 e. The Labute approximate surface area is 195 Å². The molecule has 2 aliphatic rings. The molecule has 1 unspecified atom stereocenters. The molecule has 174 valence electrons. The molecule has 0 bridgehead atoms. The van der Waals surface area contributed by atoms with Crippen LogP contribution in [0.1, 0.15) is 23.6 Å². The molecule has 2 aromatic carbocycles. The topological polar surface area (TPSA) is 103 Å². The summed E-state index contributed by atoms with van der Waals surface area (Å²) >= 11 is 0. The van der Waals surface area contributed by atoms with Crippen molar-refractivity contribution >= 4 is 17.4 Å². The number of hydrogen-bond donors (Lipinski definition) is 1. The number of ketones is 1. The monoisotopic (exact) mass is 461 g/mol. The number of aryl methyl sites for hydroxylation is 1. The number of methoxy groups -OCH3 is 1. The van der Waals surface area contributed by atoms with Crippen LogP contribution in [0.5, 0.6) is 17.2 Å². The average Bonchev–Trinajstić information content (AvgIpc) is 3.60. The summed E-state index contributed by atoms with van der Waals surface area (Å²) in [5, 5.41) is 11.3. The van der Waals surface area contributed by atoms with Crippen LogP contribution in [0.2, 0.25) is 0 Å². The second-order valence-corrected chi connectivity index (χ2v) is 7.96. The lowest BCUT2D eigenvalue weighted by molar-refractivity contribution is -0.140. The molecule has 5 rings (SSSR count). The molecular weight excluding hydrogens is 438 g/mol. The Balaban J connectivity index is 1.56. The Morgan fingerprint density at radius 3 is 2.76 bits per heavy atom. The number of ether oxygens (including phenoxy) is 3. The first-order valence-corrected chi connectivity index (χ1v) is 10.9. The highest BCUT2D eigenvalue weighted by atomic mass is 16.7. The lowest BCUT2D eigenvalue weighted by Crippen LogP contribution is -2.31. The van der Waals surface area contributed by atoms with Crippen LogP contribution in [0.15, 0.2) is 66.8 Å². The molecule has 1 N–H and O–H groups in total. The van der Waals surface area contributed by atoms with Gasteiger partial charge in [0.2, 0.25) is 6.79 Å². The number of amides is 1. The number of aliphatic hydroxyl groups excluding tert-OH is 1. The van der Waals surface area contributed by atoms with Gasteiger partial charge in [0.25, 0.3) is 11.7 Å². The van der Waals surface area contributed by atoms with Gasteiger partial charge >= 0.3 is 0 Å². The van der Waals surface area contributed by atoms with Crippen LogP contribution in [0, 0.1) is 0 Å². The first kappa shape index (κ1) is 21.6. The van der Waals surface area contributed by atoms with E-state index in [4.69, 9.17) is 14.2 Å². The average molecular weight is 461 g/mol. The number of fused-ring (bicyclic) bond motifs is 1. The smallest absolute Gasteiger partial charge is 0.295 e. The quantitative estimate of drug-likeness (QED) is 0.328. The summed E-state index contributed by atoms with van der Waals surface area (Å²) in [4.78, 5) is 31.9. The number of imidazole rings is 1. The Bertz CT molecular complexity index is 1270. The van der Waals surface area contributed by atoms with Crippen molar-refractivity contribution in [3.05, 3.63) is 77.9 Å². The van der Waals surface area contributed by atoms with Crippen LogP contribution in [0.3, 0.4) is 0 Å². The van der Waals surface area contributed by atoms with E-state index in [-0.39, 0.29) is 18.1 Å². The molecule has 0 radical (unpaired) electrons. The SMILES string of the molecule is COc1ccccc1C1C(=C(O)c2ccc3c(c2)OCO3)C(=O)C(=O)N1CCCn1ccnc1. The zero-order valence-corrected chi connectivity index (χ0v) is 18.5. The summed E-state index contributed by atoms with van der Waals surface area (Å²) in [7, 11) is 1.53. The fourth-order valence-electron chi connectivity index (χ4n) is 4.37. The van der Waals surface area contributed by atoms with E-state index >= 15 is 0 Å². The molecule has 9 heteroatoms. The van der Waals surface area contributed by atoms with Gasteiger partial charge in [0.1, 0.15) is 11.5 Å². The Morgan fingerprint density at radius 2 is 1.97 bits per heavy atom. The predicted molar refractivity (Wildman–Crippen MR) is 121 cm³/mol. The summed E-state index contributed by atoms with van der Waals surface area (Å²) < 4.78 is 18.2. The fourth-order valence-corrected chi connectivity index (χ4v) is 4.37. The van der Waals surface area contributed by atoms with Gasteiger partial charge in [-0.1, -0.05) is 18.2 Å². The van der Waals surface area contributed by atoms with Gasteiger partial charge in [0.05, 0.1) is 25.1 Å². The second-order valence-electron chi connectivity index (χ2n) is 7.96. The minimum atomic E-state index is -0.802. The maximum Gasteiger partial charge on any atom is 0.295 e. The third kappa shape index (κ3) is 3.75. The maximum atomic E-state index is 13.2. The van der Waals surface area contributed by atoms with Crippen molar-refractivity contribution in [2.45, 2.75) is 19.0 Å². The number of rotatable bonds is 7. The van der Waals surface area contributed by atoms with Crippen LogP contribution < -0.4 is 14.2 Å². The number of aliphatic hydroxyl groups is 1. The molecule has 1 atom stereocenters. The summed E-state index contributed by atoms with van der Waals surface area (Å²) in [6, 6.07) is 11.3. The van der Waals surface area contributed by atoms with Crippen LogP contribution >= 0.6 is 0 Å². The zero-order valence-electron chi connectivity index (χ0n) is 18.5. The van der Waals surface area contributed by atoms with E-state index in [9.17, 15) is 14.7 Å². The van der Waals surface area contributed by atoms with Crippen molar-refractivity contribution in [3.63, 3.8) is 0 Å². The lowest BCUT2D eigenvalue weighted by atomic mass is 9.94. The number of carbonyl (C=O) groups excluding carboxylic acids is 2. The Kier molecular flexibility index (Phi) is 5.67. The predicted octanol–water partition coefficient (Wildman–Crippen LogP) is 3.13. The molecule has 34 heavy (non-hydrogen) atoms. The number of aromatic nitrogens is 2. The van der Waals surface area contributed by atoms with Crippen molar-refractivity contribution in [2.24, 2.45) is 0 Å². The highest BCUT2D eigenvalue weighted by Gasteiger charge is 2.46. The van der Waals surface area contributed by atoms with Gasteiger partial charge in [0.15, 0.2) is 11.5 Å². The highest BCUT2D eigenvalue weighted by Crippen LogP contribution is 2.43. The third-order valence-electron chi connectivity index (χ3n) is 5.99. The summed E-state index contributed by atoms with van der Waals surface area (Å²) in [6.45, 7) is 1.02. The lowest BCUT2D eigenvalue weighted by Gasteiger charge is -2.26. The molecule has 2 aliphatic heterocycles. The molecule has 0 spiro atoms. The number of likely N-dealkylation sites (tertiary alicyclic amines) is 1. The van der Waals surface area contributed by atoms with Gasteiger partial charge in [-0.05, 0) is 30.7 Å². The number of para-hydroxylation sites is 1. The van der Waals surface area contributed by atoms with Gasteiger partial charge in [0, 0.05) is 36.6 Å².